The van der Waals surface area contributed by atoms with Gasteiger partial charge in [-0.2, -0.15) is 50.5 Å². The number of rotatable bonds is 25. The Kier molecular flexibility index (Phi) is 23.9. The van der Waals surface area contributed by atoms with Crippen molar-refractivity contribution in [3.8, 4) is 46.0 Å². The Morgan fingerprint density at radius 2 is 0.789 bits per heavy atom. The summed E-state index contributed by atoms with van der Waals surface area (Å²) >= 11 is 0. The highest BCUT2D eigenvalue weighted by Crippen LogP contribution is 2.50. The van der Waals surface area contributed by atoms with E-state index in [0.717, 1.165) is 48.6 Å². The van der Waals surface area contributed by atoms with Gasteiger partial charge in [-0.25, -0.2) is 0 Å². The van der Waals surface area contributed by atoms with Gasteiger partial charge in [-0.1, -0.05) is 0 Å². The highest BCUT2D eigenvalue weighted by atomic mass is 32.2. The molecule has 0 atom stereocenters. The quantitative estimate of drug-likeness (QED) is 0.0427. The minimum atomic E-state index is -4.36. The molecule has 5 aromatic rings. The second kappa shape index (κ2) is 29.3. The number of benzene rings is 4. The second-order valence-electron chi connectivity index (χ2n) is 18.2. The van der Waals surface area contributed by atoms with Gasteiger partial charge in [0.2, 0.25) is 5.78 Å². The lowest BCUT2D eigenvalue weighted by Crippen LogP contribution is -2.22. The molecule has 0 aliphatic heterocycles. The van der Waals surface area contributed by atoms with Crippen molar-refractivity contribution in [2.75, 3.05) is 61.0 Å². The number of Topliss-reactive ketones (excluding diaryl/α,β-unsaturated/α-hetero) is 2. The maximum Gasteiger partial charge on any atom is 0.300 e. The highest BCUT2D eigenvalue weighted by molar-refractivity contribution is 7.91. The first-order valence-corrected chi connectivity index (χ1v) is 34.8. The van der Waals surface area contributed by atoms with Gasteiger partial charge in [0, 0.05) is 30.3 Å². The number of carbonyl (C=O) groups is 2. The Bertz CT molecular complexity index is 4480. The van der Waals surface area contributed by atoms with Gasteiger partial charge in [-0.15, -0.1) is 0 Å². The van der Waals surface area contributed by atoms with Gasteiger partial charge in [-0.3, -0.25) is 34.7 Å². The van der Waals surface area contributed by atoms with Crippen molar-refractivity contribution in [2.45, 2.75) is 94.7 Å². The summed E-state index contributed by atoms with van der Waals surface area (Å²) in [6.45, 7) is 12.1. The van der Waals surface area contributed by atoms with Crippen molar-refractivity contribution in [1.82, 2.24) is 0 Å². The summed E-state index contributed by atoms with van der Waals surface area (Å²) in [6.07, 6.45) is 1.04. The molecule has 496 valence electrons. The number of aromatic hydroxyl groups is 4. The van der Waals surface area contributed by atoms with Crippen LogP contribution in [-0.2, 0) is 105 Å². The summed E-state index contributed by atoms with van der Waals surface area (Å²) in [5.41, 5.74) is -0.248. The highest BCUT2D eigenvalue weighted by Gasteiger charge is 2.37. The second-order valence-corrected chi connectivity index (χ2v) is 27.7. The lowest BCUT2D eigenvalue weighted by Gasteiger charge is -2.23. The van der Waals surface area contributed by atoms with E-state index >= 15 is 0 Å². The summed E-state index contributed by atoms with van der Waals surface area (Å²) in [7, 11) is -22.3. The number of carbonyl (C=O) groups excluding carboxylic acids is 2. The first-order chi connectivity index (χ1) is 41.9. The molecule has 7 rings (SSSR count). The van der Waals surface area contributed by atoms with Crippen LogP contribution in [0, 0.1) is 13.8 Å². The lowest BCUT2D eigenvalue weighted by molar-refractivity contribution is -0.118. The number of hydrogen-bond acceptors (Lipinski definition) is 30. The third-order valence-corrected chi connectivity index (χ3v) is 20.7. The van der Waals surface area contributed by atoms with E-state index < -0.39 is 149 Å². The summed E-state index contributed by atoms with van der Waals surface area (Å²) in [5, 5.41) is 40.9. The van der Waals surface area contributed by atoms with Crippen molar-refractivity contribution < 1.29 is 134 Å². The van der Waals surface area contributed by atoms with Gasteiger partial charge in [0.1, 0.15) is 52.4 Å². The number of hydrogen-bond donors (Lipinski definition) is 4. The molecule has 90 heavy (non-hydrogen) atoms. The summed E-state index contributed by atoms with van der Waals surface area (Å²) < 4.78 is 211. The van der Waals surface area contributed by atoms with Crippen molar-refractivity contribution in [2.24, 2.45) is 0 Å². The van der Waals surface area contributed by atoms with Crippen LogP contribution in [0.15, 0.2) is 105 Å². The first-order valence-electron chi connectivity index (χ1n) is 26.3. The molecule has 30 nitrogen and oxygen atoms in total. The summed E-state index contributed by atoms with van der Waals surface area (Å²) in [4.78, 5) is 21.6. The van der Waals surface area contributed by atoms with Crippen LogP contribution in [0.5, 0.6) is 46.0 Å². The minimum Gasteiger partial charge on any atom is -0.508 e. The smallest absolute Gasteiger partial charge is 0.300 e. The summed E-state index contributed by atoms with van der Waals surface area (Å²) in [6, 6.07) is 6.15. The molecule has 0 unspecified atom stereocenters. The van der Waals surface area contributed by atoms with Crippen LogP contribution in [0.2, 0.25) is 0 Å². The zero-order valence-corrected chi connectivity index (χ0v) is 55.0. The van der Waals surface area contributed by atoms with E-state index in [1.165, 1.54) is 83.6 Å². The van der Waals surface area contributed by atoms with Gasteiger partial charge in [0.15, 0.2) is 57.2 Å². The van der Waals surface area contributed by atoms with Gasteiger partial charge in [-0.05, 0) is 97.2 Å². The van der Waals surface area contributed by atoms with Crippen LogP contribution in [0.3, 0.4) is 0 Å². The zero-order valence-electron chi connectivity index (χ0n) is 50.1. The SMILES string of the molecule is CCOS(=O)(=O)C1=C(OC2=C(S(=O)(=O)OCC)C=C(OC)C(=O)C2)CC(=O)C(C)=C1.CCOS(=O)(=O)c1cc(C)c(O)c2c1oc1c(S(=O)(=O)OCC)cc(OC)c(O)c12.CCOS(=O)(=O)c1cc(C)c(O)cc1Oc1cc(O)c(OC)cc1S(=O)(=O)OCC. The van der Waals surface area contributed by atoms with Gasteiger partial charge < -0.3 is 48.5 Å². The van der Waals surface area contributed by atoms with E-state index in [1.54, 1.807) is 0 Å². The average molecular weight is 1390 g/mol. The van der Waals surface area contributed by atoms with Crippen molar-refractivity contribution >= 4 is 94.2 Å². The molecular weight excluding hydrogens is 1320 g/mol. The Labute approximate surface area is 519 Å². The van der Waals surface area contributed by atoms with Crippen LogP contribution in [0.25, 0.3) is 21.9 Å². The van der Waals surface area contributed by atoms with E-state index in [4.69, 9.17) is 53.2 Å². The largest absolute Gasteiger partial charge is 0.508 e. The lowest BCUT2D eigenvalue weighted by atomic mass is 10.0. The van der Waals surface area contributed by atoms with Crippen molar-refractivity contribution in [3.63, 3.8) is 0 Å². The van der Waals surface area contributed by atoms with E-state index in [2.05, 4.69) is 0 Å². The normalized spacial score (nSPS) is 14.4. The third-order valence-electron chi connectivity index (χ3n) is 12.2. The third kappa shape index (κ3) is 16.0. The molecule has 0 bridgehead atoms. The molecular formula is C54H64O30S6. The number of aryl methyl sites for hydroxylation is 2. The Balaban J connectivity index is 0.000000245. The fourth-order valence-electron chi connectivity index (χ4n) is 8.23. The maximum absolute atomic E-state index is 12.6. The number of ketones is 2. The van der Waals surface area contributed by atoms with Crippen LogP contribution < -0.4 is 14.2 Å². The van der Waals surface area contributed by atoms with E-state index in [1.807, 2.05) is 0 Å². The minimum absolute atomic E-state index is 0.139. The van der Waals surface area contributed by atoms with Crippen LogP contribution in [0.1, 0.15) is 72.4 Å². The molecule has 2 aliphatic rings. The van der Waals surface area contributed by atoms with Crippen molar-refractivity contribution in [1.29, 1.82) is 0 Å². The zero-order chi connectivity index (χ0) is 67.8. The molecule has 0 saturated carbocycles. The number of furan rings is 1. The first kappa shape index (κ1) is 73.4. The Morgan fingerprint density at radius 3 is 1.24 bits per heavy atom. The number of allylic oxidation sites excluding steroid dienone is 6. The summed E-state index contributed by atoms with van der Waals surface area (Å²) in [5.74, 6) is -4.94. The fraction of sp³-hybridized carbons (Fsp3) is 0.370. The molecule has 1 aromatic heterocycles. The van der Waals surface area contributed by atoms with Gasteiger partial charge >= 0.3 is 50.6 Å². The molecule has 0 radical (unpaired) electrons. The predicted molar refractivity (Wildman–Crippen MR) is 315 cm³/mol. The molecule has 0 amide bonds. The topological polar surface area (TPSA) is 435 Å². The standard InChI is InChI=1S/C18H20O10S2.2C18H22O10S2/c1-5-26-29(21,22)11-7-9(3)15(19)13-14-16(20)10(25-4)8-12(18(14)28-17(11)13)30(23,24)27-6-2;2*1-5-26-29(21,22)17-7-11(3)12(19)8-15(17)28-16-9-13(20)14(25-4)10-18(16)30(23,24)27-6-2/h7-8,19-20H,5-6H2,1-4H3;7,10H,5-6,8-9H2,1-4H3;7-10,19-20H,5-6H2,1-4H3. The van der Waals surface area contributed by atoms with Crippen molar-refractivity contribution in [3.05, 3.63) is 92.3 Å². The molecule has 0 fully saturated rings. The van der Waals surface area contributed by atoms with Crippen LogP contribution >= 0.6 is 0 Å². The molecule has 36 heteroatoms. The molecule has 0 spiro atoms. The number of fused-ring (bicyclic) bond motifs is 3. The van der Waals surface area contributed by atoms with E-state index in [-0.39, 0.29) is 107 Å². The Hall–Kier alpha value is -7.36. The maximum atomic E-state index is 12.6. The van der Waals surface area contributed by atoms with Gasteiger partial charge in [0.05, 0.1) is 84.6 Å². The fourth-order valence-corrected chi connectivity index (χ4v) is 14.8. The number of ether oxygens (including phenoxy) is 5. The molecule has 2 aliphatic carbocycles. The number of phenols is 4. The molecule has 4 aromatic carbocycles. The number of phenolic OH excluding ortho intramolecular Hbond substituents is 4. The number of methoxy groups -OCH3 is 3. The molecule has 0 saturated heterocycles. The average Bonchev–Trinajstić information content (AvgIpc) is 1.55. The monoisotopic (exact) mass is 1380 g/mol. The molecule has 1 heterocycles. The van der Waals surface area contributed by atoms with E-state index in [0.29, 0.717) is 0 Å². The van der Waals surface area contributed by atoms with Crippen LogP contribution in [-0.4, -0.2) is 143 Å². The van der Waals surface area contributed by atoms with Crippen LogP contribution in [0.4, 0.5) is 0 Å². The van der Waals surface area contributed by atoms with Gasteiger partial charge in [0.25, 0.3) is 10.1 Å². The molecule has 4 N–H and O–H groups in total. The Morgan fingerprint density at radius 1 is 0.411 bits per heavy atom. The van der Waals surface area contributed by atoms with E-state index in [9.17, 15) is 80.5 Å². The predicted octanol–water partition coefficient (Wildman–Crippen LogP) is 7.00.